The third kappa shape index (κ3) is 2.19. The van der Waals surface area contributed by atoms with E-state index < -0.39 is 12.0 Å². The number of rotatable bonds is 2. The van der Waals surface area contributed by atoms with Crippen LogP contribution in [0.1, 0.15) is 31.5 Å². The Morgan fingerprint density at radius 2 is 1.90 bits per heavy atom. The molecule has 5 nitrogen and oxygen atoms in total. The van der Waals surface area contributed by atoms with Gasteiger partial charge in [-0.15, -0.1) is 15.3 Å². The lowest BCUT2D eigenvalue weighted by Gasteiger charge is -2.25. The molecule has 1 aliphatic rings. The van der Waals surface area contributed by atoms with Crippen LogP contribution in [0.15, 0.2) is 12.1 Å². The van der Waals surface area contributed by atoms with Crippen molar-refractivity contribution in [3.8, 4) is 0 Å². The molecule has 0 bridgehead atoms. The average molecular weight is 285 g/mol. The highest BCUT2D eigenvalue weighted by molar-refractivity contribution is 5.46. The van der Waals surface area contributed by atoms with Crippen molar-refractivity contribution in [2.24, 2.45) is 0 Å². The van der Waals surface area contributed by atoms with Gasteiger partial charge in [-0.1, -0.05) is 12.8 Å². The Hall–Kier alpha value is -1.86. The molecule has 0 aliphatic heterocycles. The van der Waals surface area contributed by atoms with E-state index in [9.17, 15) is 13.2 Å². The molecular formula is C12H14F3N5. The molecule has 1 saturated carbocycles. The Labute approximate surface area is 113 Å². The summed E-state index contributed by atoms with van der Waals surface area (Å²) >= 11 is 0. The monoisotopic (exact) mass is 285 g/mol. The maximum atomic E-state index is 12.8. The van der Waals surface area contributed by atoms with Gasteiger partial charge < -0.3 is 4.90 Å². The van der Waals surface area contributed by atoms with Gasteiger partial charge >= 0.3 is 6.18 Å². The van der Waals surface area contributed by atoms with Crippen LogP contribution in [0.25, 0.3) is 5.65 Å². The second-order valence-electron chi connectivity index (χ2n) is 5.03. The highest BCUT2D eigenvalue weighted by Crippen LogP contribution is 2.29. The zero-order valence-corrected chi connectivity index (χ0v) is 10.9. The highest BCUT2D eigenvalue weighted by atomic mass is 19.4. The van der Waals surface area contributed by atoms with Gasteiger partial charge in [0.05, 0.1) is 0 Å². The molecular weight excluding hydrogens is 271 g/mol. The Balaban J connectivity index is 2.00. The number of hydrogen-bond acceptors (Lipinski definition) is 4. The summed E-state index contributed by atoms with van der Waals surface area (Å²) in [5, 5.41) is 10.7. The van der Waals surface area contributed by atoms with Crippen LogP contribution in [-0.2, 0) is 6.18 Å². The van der Waals surface area contributed by atoms with Gasteiger partial charge in [0.2, 0.25) is 0 Å². The number of hydrogen-bond donors (Lipinski definition) is 0. The van der Waals surface area contributed by atoms with Gasteiger partial charge in [-0.2, -0.15) is 17.7 Å². The molecule has 0 spiro atoms. The molecule has 1 aliphatic carbocycles. The topological polar surface area (TPSA) is 46.3 Å². The van der Waals surface area contributed by atoms with E-state index in [-0.39, 0.29) is 5.65 Å². The maximum absolute atomic E-state index is 12.8. The Morgan fingerprint density at radius 1 is 1.20 bits per heavy atom. The van der Waals surface area contributed by atoms with E-state index in [0.717, 1.165) is 30.2 Å². The molecule has 20 heavy (non-hydrogen) atoms. The normalized spacial score (nSPS) is 17.0. The van der Waals surface area contributed by atoms with Gasteiger partial charge in [-0.3, -0.25) is 0 Å². The van der Waals surface area contributed by atoms with Crippen molar-refractivity contribution < 1.29 is 13.2 Å². The van der Waals surface area contributed by atoms with Crippen molar-refractivity contribution >= 4 is 11.5 Å². The van der Waals surface area contributed by atoms with Crippen molar-refractivity contribution in [2.45, 2.75) is 37.9 Å². The van der Waals surface area contributed by atoms with E-state index in [2.05, 4.69) is 15.3 Å². The van der Waals surface area contributed by atoms with Crippen LogP contribution in [0.5, 0.6) is 0 Å². The van der Waals surface area contributed by atoms with Crippen LogP contribution in [0, 0.1) is 0 Å². The molecule has 1 fully saturated rings. The summed E-state index contributed by atoms with van der Waals surface area (Å²) in [5.74, 6) is -0.580. The lowest BCUT2D eigenvalue weighted by molar-refractivity contribution is -0.146. The number of fused-ring (bicyclic) bond motifs is 1. The number of aromatic nitrogens is 4. The zero-order chi connectivity index (χ0) is 14.3. The molecule has 2 heterocycles. The third-order valence-electron chi connectivity index (χ3n) is 3.74. The predicted molar refractivity (Wildman–Crippen MR) is 66.4 cm³/mol. The minimum Gasteiger partial charge on any atom is -0.355 e. The van der Waals surface area contributed by atoms with Gasteiger partial charge in [-0.25, -0.2) is 0 Å². The van der Waals surface area contributed by atoms with Crippen molar-refractivity contribution in [1.29, 1.82) is 0 Å². The summed E-state index contributed by atoms with van der Waals surface area (Å²) in [6.07, 6.45) is -0.165. The first kappa shape index (κ1) is 13.1. The Kier molecular flexibility index (Phi) is 3.02. The van der Waals surface area contributed by atoms with Crippen LogP contribution in [0.4, 0.5) is 19.0 Å². The van der Waals surface area contributed by atoms with Crippen molar-refractivity contribution in [3.05, 3.63) is 18.0 Å². The van der Waals surface area contributed by atoms with Gasteiger partial charge in [0.25, 0.3) is 5.82 Å². The summed E-state index contributed by atoms with van der Waals surface area (Å²) in [6.45, 7) is 0. The van der Waals surface area contributed by atoms with Crippen LogP contribution in [0.2, 0.25) is 0 Å². The molecule has 108 valence electrons. The van der Waals surface area contributed by atoms with Gasteiger partial charge in [0.1, 0.15) is 5.82 Å². The lowest BCUT2D eigenvalue weighted by Crippen LogP contribution is -2.30. The number of halogens is 3. The number of nitrogens with zero attached hydrogens (tertiary/aromatic N) is 5. The summed E-state index contributed by atoms with van der Waals surface area (Å²) in [7, 11) is 1.86. The van der Waals surface area contributed by atoms with Crippen molar-refractivity contribution in [2.75, 3.05) is 11.9 Å². The van der Waals surface area contributed by atoms with Crippen LogP contribution >= 0.6 is 0 Å². The van der Waals surface area contributed by atoms with Crippen LogP contribution in [0.3, 0.4) is 0 Å². The first-order valence-electron chi connectivity index (χ1n) is 6.49. The van der Waals surface area contributed by atoms with E-state index in [4.69, 9.17) is 0 Å². The Bertz CT molecular complexity index is 615. The van der Waals surface area contributed by atoms with E-state index in [1.165, 1.54) is 6.07 Å². The summed E-state index contributed by atoms with van der Waals surface area (Å²) in [4.78, 5) is 1.94. The van der Waals surface area contributed by atoms with Gasteiger partial charge in [0.15, 0.2) is 5.65 Å². The SMILES string of the molecule is CN(c1ccc2nnc(C(F)(F)F)n2n1)C1CCCC1. The average Bonchev–Trinajstić information content (AvgIpc) is 3.05. The summed E-state index contributed by atoms with van der Waals surface area (Å²) in [6, 6.07) is 3.53. The molecule has 0 radical (unpaired) electrons. The van der Waals surface area contributed by atoms with E-state index >= 15 is 0 Å². The fourth-order valence-electron chi connectivity index (χ4n) is 2.62. The molecule has 0 atom stereocenters. The second kappa shape index (κ2) is 4.60. The minimum absolute atomic E-state index is 0.0981. The molecule has 2 aromatic heterocycles. The number of alkyl halides is 3. The molecule has 0 N–H and O–H groups in total. The minimum atomic E-state index is -4.56. The molecule has 0 aromatic carbocycles. The fraction of sp³-hybridized carbons (Fsp3) is 0.583. The number of anilines is 1. The van der Waals surface area contributed by atoms with E-state index in [0.29, 0.717) is 11.9 Å². The molecule has 0 saturated heterocycles. The van der Waals surface area contributed by atoms with E-state index in [1.807, 2.05) is 11.9 Å². The molecule has 8 heteroatoms. The summed E-state index contributed by atoms with van der Waals surface area (Å²) < 4.78 is 39.2. The smallest absolute Gasteiger partial charge is 0.355 e. The largest absolute Gasteiger partial charge is 0.453 e. The van der Waals surface area contributed by atoms with Crippen molar-refractivity contribution in [1.82, 2.24) is 19.8 Å². The first-order chi connectivity index (χ1) is 9.47. The van der Waals surface area contributed by atoms with Crippen LogP contribution in [-0.4, -0.2) is 32.9 Å². The van der Waals surface area contributed by atoms with Gasteiger partial charge in [-0.05, 0) is 25.0 Å². The maximum Gasteiger partial charge on any atom is 0.453 e. The molecule has 0 amide bonds. The zero-order valence-electron chi connectivity index (χ0n) is 10.9. The predicted octanol–water partition coefficient (Wildman–Crippen LogP) is 2.52. The molecule has 2 aromatic rings. The quantitative estimate of drug-likeness (QED) is 0.850. The first-order valence-corrected chi connectivity index (χ1v) is 6.49. The second-order valence-corrected chi connectivity index (χ2v) is 5.03. The highest BCUT2D eigenvalue weighted by Gasteiger charge is 2.37. The standard InChI is InChI=1S/C12H14F3N5/c1-19(8-4-2-3-5-8)10-7-6-9-16-17-11(12(13,14)15)20(9)18-10/h6-8H,2-5H2,1H3. The lowest BCUT2D eigenvalue weighted by atomic mass is 10.2. The Morgan fingerprint density at radius 3 is 2.55 bits per heavy atom. The molecule has 0 unspecified atom stereocenters. The molecule has 3 rings (SSSR count). The van der Waals surface area contributed by atoms with E-state index in [1.54, 1.807) is 6.07 Å². The van der Waals surface area contributed by atoms with Gasteiger partial charge in [0, 0.05) is 13.1 Å². The van der Waals surface area contributed by atoms with Crippen molar-refractivity contribution in [3.63, 3.8) is 0 Å². The summed E-state index contributed by atoms with van der Waals surface area (Å²) in [5.41, 5.74) is 0.0981. The fourth-order valence-corrected chi connectivity index (χ4v) is 2.62. The third-order valence-corrected chi connectivity index (χ3v) is 3.74. The van der Waals surface area contributed by atoms with Crippen LogP contribution < -0.4 is 4.90 Å².